The summed E-state index contributed by atoms with van der Waals surface area (Å²) < 4.78 is 175. The summed E-state index contributed by atoms with van der Waals surface area (Å²) in [6.45, 7) is 19.4. The molecule has 0 saturated heterocycles. The lowest BCUT2D eigenvalue weighted by atomic mass is 9.63. The smallest absolute Gasteiger partial charge is 0.311 e. The number of hydrogen-bond acceptors (Lipinski definition) is 15. The van der Waals surface area contributed by atoms with Gasteiger partial charge in [-0.2, -0.15) is 16.8 Å². The minimum atomic E-state index is -5.18. The summed E-state index contributed by atoms with van der Waals surface area (Å²) in [5, 5.41) is 1.19. The molecule has 3 atom stereocenters. The molecule has 12 rings (SSSR count). The second-order valence-corrected chi connectivity index (χ2v) is 36.1. The van der Waals surface area contributed by atoms with Crippen molar-refractivity contribution < 1.29 is 76.3 Å². The van der Waals surface area contributed by atoms with Crippen LogP contribution < -0.4 is 49.2 Å². The standard InChI is InChI=1S/C81H80O17P2S3/c1-11-78(7,8)65-45-33-53(49-75(65)102(87,88)89)77(82)54-34-46-70(76(50-54)103(90,91)92)94-58-40-48-69(74(52-58)100(84)72-32-24-20-28-64(72)62-26-18-22-30-67(62)98-100)96-80(10,14-4)81(15-5,16-6)55-35-41-59(42-36-55)101(85,86)60-43-37-56(38-44-60)93-57-39-47-68(95-79(9,12-2)13-3)73(51-57)99(83)71-31-23-19-27-63(71)61-25-17-21-29-66(61)97-99/h17-52H,11-16H2,1-10H3,(H,87,88,89)(H,90,91,92). The lowest BCUT2D eigenvalue weighted by Gasteiger charge is -2.48. The molecular formula is C81H80O17P2S3. The zero-order valence-electron chi connectivity index (χ0n) is 58.7. The number of rotatable bonds is 25. The summed E-state index contributed by atoms with van der Waals surface area (Å²) in [4.78, 5) is 12.8. The van der Waals surface area contributed by atoms with E-state index in [1.165, 1.54) is 42.5 Å². The molecule has 2 heterocycles. The fourth-order valence-electron chi connectivity index (χ4n) is 13.8. The van der Waals surface area contributed by atoms with Crippen LogP contribution in [0.5, 0.6) is 46.0 Å². The van der Waals surface area contributed by atoms with Crippen molar-refractivity contribution in [3.63, 3.8) is 0 Å². The fraction of sp³-hybridized carbons (Fsp3) is 0.247. The van der Waals surface area contributed by atoms with E-state index in [4.69, 9.17) is 28.0 Å². The van der Waals surface area contributed by atoms with Crippen molar-refractivity contribution in [1.82, 2.24) is 0 Å². The van der Waals surface area contributed by atoms with Gasteiger partial charge in [0.25, 0.3) is 20.2 Å². The van der Waals surface area contributed by atoms with Crippen LogP contribution in [-0.4, -0.2) is 51.3 Å². The van der Waals surface area contributed by atoms with Crippen LogP contribution in [0.1, 0.15) is 135 Å². The van der Waals surface area contributed by atoms with E-state index < -0.39 is 88.2 Å². The molecular weight excluding hydrogens is 1400 g/mol. The zero-order chi connectivity index (χ0) is 73.9. The van der Waals surface area contributed by atoms with Crippen molar-refractivity contribution >= 4 is 71.8 Å². The average molecular weight is 1480 g/mol. The Morgan fingerprint density at radius 1 is 0.417 bits per heavy atom. The Morgan fingerprint density at radius 2 is 0.845 bits per heavy atom. The van der Waals surface area contributed by atoms with Crippen molar-refractivity contribution in [2.75, 3.05) is 0 Å². The SMILES string of the molecule is CCC(C)(CC)Oc1ccc(Oc2ccc(S(=O)(=O)c3ccc(C(CC)(CC)C(C)(CC)Oc4ccc(Oc5ccc(C(=O)c6ccc(C(C)(C)CC)c(S(=O)(=O)O)c6)cc5S(=O)(=O)O)cc4P4(=O)Oc5ccccc5-c5ccccc54)cc3)cc2)cc1P1(=O)Oc2ccccc2-c2ccccc21. The highest BCUT2D eigenvalue weighted by atomic mass is 32.2. The molecule has 22 heteroatoms. The first-order valence-electron chi connectivity index (χ1n) is 34.1. The number of sulfone groups is 1. The summed E-state index contributed by atoms with van der Waals surface area (Å²) in [6.07, 6.45) is 3.16. The summed E-state index contributed by atoms with van der Waals surface area (Å²) in [6, 6.07) is 58.6. The van der Waals surface area contributed by atoms with Crippen LogP contribution in [0.4, 0.5) is 0 Å². The molecule has 0 spiro atoms. The number of benzene rings is 10. The molecule has 103 heavy (non-hydrogen) atoms. The molecule has 10 aromatic rings. The van der Waals surface area contributed by atoms with Gasteiger partial charge in [0.15, 0.2) is 5.78 Å². The van der Waals surface area contributed by atoms with Gasteiger partial charge in [0.1, 0.15) is 62.1 Å². The molecule has 0 saturated carbocycles. The summed E-state index contributed by atoms with van der Waals surface area (Å²) >= 11 is 0. The van der Waals surface area contributed by atoms with Crippen LogP contribution in [0, 0.1) is 0 Å². The second kappa shape index (κ2) is 27.8. The van der Waals surface area contributed by atoms with E-state index in [1.54, 1.807) is 105 Å². The maximum atomic E-state index is 16.4. The van der Waals surface area contributed by atoms with Crippen LogP contribution in [0.2, 0.25) is 0 Å². The van der Waals surface area contributed by atoms with Gasteiger partial charge in [-0.1, -0.05) is 152 Å². The van der Waals surface area contributed by atoms with Crippen molar-refractivity contribution in [2.24, 2.45) is 0 Å². The van der Waals surface area contributed by atoms with Crippen LogP contribution in [-0.2, 0) is 50.0 Å². The molecule has 0 bridgehead atoms. The summed E-state index contributed by atoms with van der Waals surface area (Å²) in [7, 11) is -22.4. The highest BCUT2D eigenvalue weighted by Gasteiger charge is 2.50. The van der Waals surface area contributed by atoms with Gasteiger partial charge in [-0.3, -0.25) is 23.0 Å². The number of ether oxygens (including phenoxy) is 4. The molecule has 2 aliphatic heterocycles. The largest absolute Gasteiger partial charge is 0.487 e. The third-order valence-electron chi connectivity index (χ3n) is 20.8. The fourth-order valence-corrected chi connectivity index (χ4v) is 21.4. The molecule has 0 fully saturated rings. The minimum Gasteiger partial charge on any atom is -0.487 e. The number of hydrogen-bond donors (Lipinski definition) is 2. The van der Waals surface area contributed by atoms with Gasteiger partial charge >= 0.3 is 14.7 Å². The first-order chi connectivity index (χ1) is 48.8. The van der Waals surface area contributed by atoms with E-state index in [0.717, 1.165) is 34.9 Å². The predicted octanol–water partition coefficient (Wildman–Crippen LogP) is 18.4. The Bertz CT molecular complexity index is 5440. The van der Waals surface area contributed by atoms with E-state index in [-0.39, 0.29) is 43.3 Å². The van der Waals surface area contributed by atoms with Gasteiger partial charge in [-0.15, -0.1) is 0 Å². The molecule has 17 nitrogen and oxygen atoms in total. The Hall–Kier alpha value is -9.10. The van der Waals surface area contributed by atoms with Crippen molar-refractivity contribution in [3.8, 4) is 68.2 Å². The average Bonchev–Trinajstić information content (AvgIpc) is 0.689. The minimum absolute atomic E-state index is 0.00213. The third kappa shape index (κ3) is 13.6. The summed E-state index contributed by atoms with van der Waals surface area (Å²) in [5.74, 6) is 0.572. The van der Waals surface area contributed by atoms with Gasteiger partial charge in [-0.05, 0) is 201 Å². The van der Waals surface area contributed by atoms with Gasteiger partial charge in [0, 0.05) is 27.7 Å². The van der Waals surface area contributed by atoms with E-state index >= 15 is 9.13 Å². The van der Waals surface area contributed by atoms with Gasteiger partial charge < -0.3 is 28.0 Å². The lowest BCUT2D eigenvalue weighted by Crippen LogP contribution is -2.53. The van der Waals surface area contributed by atoms with Crippen LogP contribution in [0.25, 0.3) is 22.3 Å². The molecule has 0 aromatic heterocycles. The normalized spacial score (nSPS) is 16.5. The number of ketones is 1. The Kier molecular flexibility index (Phi) is 19.9. The maximum Gasteiger partial charge on any atom is 0.311 e. The Balaban J connectivity index is 0.855. The van der Waals surface area contributed by atoms with Gasteiger partial charge in [-0.25, -0.2) is 8.42 Å². The predicted molar refractivity (Wildman–Crippen MR) is 401 cm³/mol. The Labute approximate surface area is 602 Å². The molecule has 0 aliphatic carbocycles. The maximum absolute atomic E-state index is 16.4. The highest BCUT2D eigenvalue weighted by molar-refractivity contribution is 7.91. The van der Waals surface area contributed by atoms with Gasteiger partial charge in [0.05, 0.1) is 35.9 Å². The van der Waals surface area contributed by atoms with E-state index in [9.17, 15) is 39.2 Å². The number of carbonyl (C=O) groups excluding carboxylic acids is 1. The quantitative estimate of drug-likeness (QED) is 0.0306. The van der Waals surface area contributed by atoms with Crippen LogP contribution in [0.3, 0.4) is 0 Å². The van der Waals surface area contributed by atoms with E-state index in [2.05, 4.69) is 0 Å². The molecule has 2 aliphatic rings. The molecule has 0 radical (unpaired) electrons. The zero-order valence-corrected chi connectivity index (χ0v) is 62.9. The lowest BCUT2D eigenvalue weighted by molar-refractivity contribution is -0.00752. The third-order valence-corrected chi connectivity index (χ3v) is 29.2. The molecule has 2 N–H and O–H groups in total. The molecule has 3 unspecified atom stereocenters. The monoisotopic (exact) mass is 1480 g/mol. The molecule has 534 valence electrons. The topological polar surface area (TPSA) is 249 Å². The van der Waals surface area contributed by atoms with E-state index in [0.29, 0.717) is 94.3 Å². The van der Waals surface area contributed by atoms with Crippen molar-refractivity contribution in [3.05, 3.63) is 241 Å². The first kappa shape index (κ1) is 73.6. The van der Waals surface area contributed by atoms with Crippen molar-refractivity contribution in [1.29, 1.82) is 0 Å². The molecule has 10 aromatic carbocycles. The number of para-hydroxylation sites is 2. The van der Waals surface area contributed by atoms with Gasteiger partial charge in [0.2, 0.25) is 9.84 Å². The highest BCUT2D eigenvalue weighted by Crippen LogP contribution is 2.59. The Morgan fingerprint density at radius 3 is 1.32 bits per heavy atom. The first-order valence-corrected chi connectivity index (χ1v) is 41.7. The number of carbonyl (C=O) groups is 1. The summed E-state index contributed by atoms with van der Waals surface area (Å²) in [5.41, 5.74) is 0.116. The van der Waals surface area contributed by atoms with Crippen molar-refractivity contribution in [2.45, 2.75) is 149 Å². The molecule has 0 amide bonds. The van der Waals surface area contributed by atoms with Crippen LogP contribution in [0.15, 0.2) is 238 Å². The second-order valence-electron chi connectivity index (χ2n) is 26.9. The van der Waals surface area contributed by atoms with E-state index in [1.807, 2.05) is 122 Å². The number of fused-ring (bicyclic) bond motifs is 6. The van der Waals surface area contributed by atoms with Crippen LogP contribution >= 0.6 is 14.7 Å².